The highest BCUT2D eigenvalue weighted by molar-refractivity contribution is 7.87. The van der Waals surface area contributed by atoms with E-state index in [1.807, 2.05) is 36.4 Å². The summed E-state index contributed by atoms with van der Waals surface area (Å²) in [5.41, 5.74) is 7.48. The number of nitrogens with zero attached hydrogens (tertiary/aromatic N) is 2. The summed E-state index contributed by atoms with van der Waals surface area (Å²) < 4.78 is 13.6. The van der Waals surface area contributed by atoms with Crippen LogP contribution >= 0.6 is 11.3 Å². The summed E-state index contributed by atoms with van der Waals surface area (Å²) in [6.07, 6.45) is 2.49. The van der Waals surface area contributed by atoms with Gasteiger partial charge in [0.1, 0.15) is 0 Å². The van der Waals surface area contributed by atoms with E-state index in [-0.39, 0.29) is 5.95 Å². The Morgan fingerprint density at radius 2 is 2.00 bits per heavy atom. The van der Waals surface area contributed by atoms with Crippen molar-refractivity contribution in [3.8, 4) is 10.6 Å². The van der Waals surface area contributed by atoms with Gasteiger partial charge in [0.05, 0.1) is 25.6 Å². The summed E-state index contributed by atoms with van der Waals surface area (Å²) in [5.74, 6) is 0.241. The molecule has 0 saturated heterocycles. The molecule has 112 valence electrons. The predicted octanol–water partition coefficient (Wildman–Crippen LogP) is 3.52. The minimum absolute atomic E-state index is 0.241. The van der Waals surface area contributed by atoms with Crippen LogP contribution in [0.25, 0.3) is 10.6 Å². The molecule has 1 aromatic carbocycles. The Kier molecular flexibility index (Phi) is 4.31. The molecular formula is C16H15N3OS2. The van der Waals surface area contributed by atoms with Crippen LogP contribution in [0.4, 0.5) is 5.95 Å². The van der Waals surface area contributed by atoms with Gasteiger partial charge in [-0.1, -0.05) is 25.1 Å². The van der Waals surface area contributed by atoms with Crippen LogP contribution in [0, 0.1) is 0 Å². The molecule has 0 spiro atoms. The fourth-order valence-corrected chi connectivity index (χ4v) is 4.76. The molecular weight excluding hydrogens is 314 g/mol. The lowest BCUT2D eigenvalue weighted by atomic mass is 10.2. The van der Waals surface area contributed by atoms with Gasteiger partial charge in [-0.3, -0.25) is 0 Å². The van der Waals surface area contributed by atoms with Crippen LogP contribution in [0.1, 0.15) is 12.5 Å². The molecule has 0 fully saturated rings. The van der Waals surface area contributed by atoms with Gasteiger partial charge in [0.15, 0.2) is 0 Å². The van der Waals surface area contributed by atoms with Gasteiger partial charge in [0.25, 0.3) is 0 Å². The van der Waals surface area contributed by atoms with E-state index in [0.29, 0.717) is 0 Å². The molecule has 22 heavy (non-hydrogen) atoms. The average Bonchev–Trinajstić information content (AvgIpc) is 3.04. The van der Waals surface area contributed by atoms with Crippen LogP contribution in [0.5, 0.6) is 0 Å². The maximum absolute atomic E-state index is 12.8. The first-order valence-electron chi connectivity index (χ1n) is 6.87. The van der Waals surface area contributed by atoms with Crippen LogP contribution in [0.2, 0.25) is 0 Å². The first kappa shape index (κ1) is 14.9. The molecule has 1 atom stereocenters. The largest absolute Gasteiger partial charge is 0.368 e. The van der Waals surface area contributed by atoms with E-state index in [1.165, 1.54) is 11.3 Å². The van der Waals surface area contributed by atoms with E-state index in [1.54, 1.807) is 12.3 Å². The zero-order valence-electron chi connectivity index (χ0n) is 12.0. The molecule has 2 heterocycles. The molecule has 1 unspecified atom stereocenters. The number of aryl methyl sites for hydroxylation is 1. The number of hydrogen-bond acceptors (Lipinski definition) is 5. The number of nitrogens with two attached hydrogens (primary N) is 1. The summed E-state index contributed by atoms with van der Waals surface area (Å²) in [6.45, 7) is 2.07. The Bertz CT molecular complexity index is 830. The minimum Gasteiger partial charge on any atom is -0.368 e. The SMILES string of the molecule is CCc1ccccc1S(=O)c1ccc(-c2ccnc(N)n2)s1. The zero-order chi connectivity index (χ0) is 15.5. The summed E-state index contributed by atoms with van der Waals surface area (Å²) in [4.78, 5) is 9.90. The monoisotopic (exact) mass is 329 g/mol. The molecule has 0 saturated carbocycles. The van der Waals surface area contributed by atoms with E-state index in [2.05, 4.69) is 16.9 Å². The number of hydrogen-bond donors (Lipinski definition) is 1. The van der Waals surface area contributed by atoms with Gasteiger partial charge in [-0.15, -0.1) is 11.3 Å². The second kappa shape index (κ2) is 6.37. The predicted molar refractivity (Wildman–Crippen MR) is 90.3 cm³/mol. The molecule has 3 rings (SSSR count). The van der Waals surface area contributed by atoms with Gasteiger partial charge < -0.3 is 5.73 Å². The Morgan fingerprint density at radius 1 is 1.18 bits per heavy atom. The fourth-order valence-electron chi connectivity index (χ4n) is 2.15. The van der Waals surface area contributed by atoms with Crippen LogP contribution in [-0.4, -0.2) is 14.2 Å². The molecule has 0 bridgehead atoms. The van der Waals surface area contributed by atoms with Crippen molar-refractivity contribution in [3.05, 3.63) is 54.2 Å². The highest BCUT2D eigenvalue weighted by atomic mass is 32.2. The average molecular weight is 329 g/mol. The minimum atomic E-state index is -1.17. The van der Waals surface area contributed by atoms with Crippen molar-refractivity contribution in [2.75, 3.05) is 5.73 Å². The van der Waals surface area contributed by atoms with Crippen LogP contribution < -0.4 is 5.73 Å². The van der Waals surface area contributed by atoms with E-state index >= 15 is 0 Å². The number of rotatable bonds is 4. The Morgan fingerprint density at radius 3 is 2.77 bits per heavy atom. The van der Waals surface area contributed by atoms with Gasteiger partial charge in [0, 0.05) is 11.1 Å². The molecule has 0 amide bonds. The lowest BCUT2D eigenvalue weighted by molar-refractivity contribution is 0.683. The van der Waals surface area contributed by atoms with Crippen molar-refractivity contribution in [3.63, 3.8) is 0 Å². The fraction of sp³-hybridized carbons (Fsp3) is 0.125. The summed E-state index contributed by atoms with van der Waals surface area (Å²) in [7, 11) is -1.17. The van der Waals surface area contributed by atoms with Crippen molar-refractivity contribution >= 4 is 28.1 Å². The Hall–Kier alpha value is -2.05. The second-order valence-corrected chi connectivity index (χ2v) is 7.41. The Balaban J connectivity index is 1.95. The number of nitrogen functional groups attached to an aromatic ring is 1. The van der Waals surface area contributed by atoms with Crippen LogP contribution in [-0.2, 0) is 17.2 Å². The highest BCUT2D eigenvalue weighted by Crippen LogP contribution is 2.31. The third-order valence-electron chi connectivity index (χ3n) is 3.24. The highest BCUT2D eigenvalue weighted by Gasteiger charge is 2.14. The third-order valence-corrected chi connectivity index (χ3v) is 6.15. The molecule has 0 aliphatic carbocycles. The van der Waals surface area contributed by atoms with Gasteiger partial charge in [-0.2, -0.15) is 0 Å². The normalized spacial score (nSPS) is 12.2. The molecule has 2 N–H and O–H groups in total. The van der Waals surface area contributed by atoms with Crippen molar-refractivity contribution < 1.29 is 4.21 Å². The molecule has 6 heteroatoms. The lowest BCUT2D eigenvalue weighted by Crippen LogP contribution is -1.95. The topological polar surface area (TPSA) is 68.9 Å². The van der Waals surface area contributed by atoms with Crippen molar-refractivity contribution in [1.29, 1.82) is 0 Å². The van der Waals surface area contributed by atoms with E-state index in [0.717, 1.165) is 31.7 Å². The van der Waals surface area contributed by atoms with Gasteiger partial charge in [0.2, 0.25) is 5.95 Å². The first-order valence-corrected chi connectivity index (χ1v) is 8.84. The molecule has 4 nitrogen and oxygen atoms in total. The molecule has 2 aromatic heterocycles. The summed E-state index contributed by atoms with van der Waals surface area (Å²) in [6, 6.07) is 13.5. The Labute approximate surface area is 135 Å². The third kappa shape index (κ3) is 2.93. The summed E-state index contributed by atoms with van der Waals surface area (Å²) in [5, 5.41) is 0. The smallest absolute Gasteiger partial charge is 0.220 e. The molecule has 3 aromatic rings. The second-order valence-electron chi connectivity index (χ2n) is 4.65. The standard InChI is InChI=1S/C16H15N3OS2/c1-2-11-5-3-4-6-14(11)22(20)15-8-7-13(21-15)12-9-10-18-16(17)19-12/h3-10H,2H2,1H3,(H2,17,18,19). The zero-order valence-corrected chi connectivity index (χ0v) is 13.7. The molecule has 0 radical (unpaired) electrons. The quantitative estimate of drug-likeness (QED) is 0.795. The summed E-state index contributed by atoms with van der Waals surface area (Å²) >= 11 is 1.47. The van der Waals surface area contributed by atoms with Gasteiger partial charge >= 0.3 is 0 Å². The number of anilines is 1. The maximum Gasteiger partial charge on any atom is 0.220 e. The van der Waals surface area contributed by atoms with E-state index in [4.69, 9.17) is 5.73 Å². The van der Waals surface area contributed by atoms with Gasteiger partial charge in [-0.25, -0.2) is 14.2 Å². The maximum atomic E-state index is 12.8. The van der Waals surface area contributed by atoms with Crippen LogP contribution in [0.3, 0.4) is 0 Å². The first-order chi connectivity index (χ1) is 10.7. The molecule has 0 aliphatic rings. The lowest BCUT2D eigenvalue weighted by Gasteiger charge is -2.05. The van der Waals surface area contributed by atoms with E-state index < -0.39 is 10.8 Å². The van der Waals surface area contributed by atoms with Crippen LogP contribution in [0.15, 0.2) is 57.8 Å². The van der Waals surface area contributed by atoms with Crippen molar-refractivity contribution in [1.82, 2.24) is 9.97 Å². The van der Waals surface area contributed by atoms with E-state index in [9.17, 15) is 4.21 Å². The number of thiophene rings is 1. The number of aromatic nitrogens is 2. The van der Waals surface area contributed by atoms with Gasteiger partial charge in [-0.05, 0) is 36.2 Å². The van der Waals surface area contributed by atoms with Crippen molar-refractivity contribution in [2.24, 2.45) is 0 Å². The van der Waals surface area contributed by atoms with Crippen molar-refractivity contribution in [2.45, 2.75) is 22.4 Å². The molecule has 0 aliphatic heterocycles. The number of benzene rings is 1.